The van der Waals surface area contributed by atoms with Crippen LogP contribution in [-0.2, 0) is 9.59 Å². The van der Waals surface area contributed by atoms with Crippen LogP contribution in [0.4, 0.5) is 4.39 Å². The van der Waals surface area contributed by atoms with Crippen LogP contribution in [0.15, 0.2) is 0 Å². The molecule has 0 aromatic carbocycles. The molecule has 1 aliphatic rings. The van der Waals surface area contributed by atoms with E-state index in [0.29, 0.717) is 18.9 Å². The summed E-state index contributed by atoms with van der Waals surface area (Å²) < 4.78 is 12.2. The number of carbonyl (C=O) groups excluding carboxylic acids is 2. The van der Waals surface area contributed by atoms with E-state index in [1.807, 2.05) is 13.8 Å². The number of carbonyl (C=O) groups is 2. The molecule has 2 amide bonds. The van der Waals surface area contributed by atoms with Gasteiger partial charge < -0.3 is 10.2 Å². The van der Waals surface area contributed by atoms with Gasteiger partial charge in [-0.2, -0.15) is 0 Å². The number of rotatable bonds is 5. The lowest BCUT2D eigenvalue weighted by Gasteiger charge is -2.37. The van der Waals surface area contributed by atoms with Crippen molar-refractivity contribution < 1.29 is 14.0 Å². The smallest absolute Gasteiger partial charge is 0.245 e. The molecule has 1 heterocycles. The van der Waals surface area contributed by atoms with Crippen molar-refractivity contribution in [1.29, 1.82) is 0 Å². The first-order valence-corrected chi connectivity index (χ1v) is 6.14. The Morgan fingerprint density at radius 2 is 2.06 bits per heavy atom. The number of piperazine rings is 1. The van der Waals surface area contributed by atoms with Gasteiger partial charge in [0.15, 0.2) is 0 Å². The molecule has 0 aliphatic carbocycles. The minimum Gasteiger partial charge on any atom is -0.343 e. The van der Waals surface area contributed by atoms with Gasteiger partial charge in [-0.25, -0.2) is 0 Å². The Hall–Kier alpha value is -1.13. The third-order valence-electron chi connectivity index (χ3n) is 2.98. The number of nitrogens with one attached hydrogen (secondary N) is 1. The van der Waals surface area contributed by atoms with Crippen molar-refractivity contribution in [3.05, 3.63) is 0 Å². The largest absolute Gasteiger partial charge is 0.343 e. The monoisotopic (exact) mass is 244 g/mol. The van der Waals surface area contributed by atoms with Gasteiger partial charge in [0.05, 0.1) is 6.67 Å². The maximum absolute atomic E-state index is 12.2. The molecule has 0 aromatic rings. The van der Waals surface area contributed by atoms with E-state index >= 15 is 0 Å². The number of amides is 2. The summed E-state index contributed by atoms with van der Waals surface area (Å²) in [4.78, 5) is 25.3. The lowest BCUT2D eigenvalue weighted by Crippen LogP contribution is -2.62. The number of halogens is 1. The predicted octanol–water partition coefficient (Wildman–Crippen LogP) is 1.11. The fourth-order valence-electron chi connectivity index (χ4n) is 2.05. The van der Waals surface area contributed by atoms with Gasteiger partial charge in [-0.1, -0.05) is 13.8 Å². The first-order valence-electron chi connectivity index (χ1n) is 6.14. The minimum atomic E-state index is -0.488. The van der Waals surface area contributed by atoms with Crippen LogP contribution < -0.4 is 5.32 Å². The second kappa shape index (κ2) is 5.98. The van der Waals surface area contributed by atoms with E-state index in [1.54, 1.807) is 6.92 Å². The van der Waals surface area contributed by atoms with E-state index in [0.717, 1.165) is 0 Å². The summed E-state index contributed by atoms with van der Waals surface area (Å²) in [6.07, 6.45) is 0.918. The van der Waals surface area contributed by atoms with Crippen LogP contribution in [0.2, 0.25) is 0 Å². The highest BCUT2D eigenvalue weighted by molar-refractivity contribution is 5.96. The summed E-state index contributed by atoms with van der Waals surface area (Å²) in [5, 5.41) is 2.73. The van der Waals surface area contributed by atoms with E-state index in [-0.39, 0.29) is 18.2 Å². The van der Waals surface area contributed by atoms with Crippen molar-refractivity contribution in [1.82, 2.24) is 10.2 Å². The SMILES string of the molecule is CC(C)CC1NC(=O)C(C)N(CCCF)C1=O. The molecular weight excluding hydrogens is 223 g/mol. The summed E-state index contributed by atoms with van der Waals surface area (Å²) in [6.45, 7) is 5.54. The molecule has 2 unspecified atom stereocenters. The molecule has 2 atom stereocenters. The van der Waals surface area contributed by atoms with Crippen LogP contribution >= 0.6 is 0 Å². The Labute approximate surface area is 102 Å². The molecule has 0 saturated carbocycles. The lowest BCUT2D eigenvalue weighted by molar-refractivity contribution is -0.149. The molecule has 0 bridgehead atoms. The Morgan fingerprint density at radius 3 is 2.59 bits per heavy atom. The van der Waals surface area contributed by atoms with E-state index < -0.39 is 18.8 Å². The van der Waals surface area contributed by atoms with Crippen molar-refractivity contribution in [2.24, 2.45) is 5.92 Å². The topological polar surface area (TPSA) is 49.4 Å². The zero-order valence-electron chi connectivity index (χ0n) is 10.7. The Morgan fingerprint density at radius 1 is 1.41 bits per heavy atom. The van der Waals surface area contributed by atoms with Crippen LogP contribution in [0.1, 0.15) is 33.6 Å². The molecule has 0 aromatic heterocycles. The van der Waals surface area contributed by atoms with Gasteiger partial charge in [-0.05, 0) is 25.7 Å². The number of nitrogens with zero attached hydrogens (tertiary/aromatic N) is 1. The molecule has 98 valence electrons. The van der Waals surface area contributed by atoms with Crippen LogP contribution in [-0.4, -0.2) is 42.0 Å². The summed E-state index contributed by atoms with van der Waals surface area (Å²) >= 11 is 0. The second-order valence-corrected chi connectivity index (χ2v) is 4.94. The third-order valence-corrected chi connectivity index (χ3v) is 2.98. The first-order chi connectivity index (χ1) is 7.97. The zero-order chi connectivity index (χ0) is 13.0. The highest BCUT2D eigenvalue weighted by Gasteiger charge is 2.37. The minimum absolute atomic E-state index is 0.0840. The van der Waals surface area contributed by atoms with Gasteiger partial charge >= 0.3 is 0 Å². The first kappa shape index (κ1) is 13.9. The van der Waals surface area contributed by atoms with E-state index in [1.165, 1.54) is 4.90 Å². The molecule has 1 fully saturated rings. The maximum Gasteiger partial charge on any atom is 0.245 e. The number of hydrogen-bond acceptors (Lipinski definition) is 2. The van der Waals surface area contributed by atoms with Crippen LogP contribution in [0.25, 0.3) is 0 Å². The number of hydrogen-bond donors (Lipinski definition) is 1. The van der Waals surface area contributed by atoms with Crippen molar-refractivity contribution >= 4 is 11.8 Å². The van der Waals surface area contributed by atoms with Gasteiger partial charge in [0.2, 0.25) is 11.8 Å². The van der Waals surface area contributed by atoms with Crippen molar-refractivity contribution in [2.45, 2.75) is 45.7 Å². The molecule has 5 heteroatoms. The molecule has 0 radical (unpaired) electrons. The Balaban J connectivity index is 2.72. The Bertz CT molecular complexity index is 294. The molecule has 1 rings (SSSR count). The van der Waals surface area contributed by atoms with Crippen molar-refractivity contribution in [3.63, 3.8) is 0 Å². The van der Waals surface area contributed by atoms with Gasteiger partial charge in [0, 0.05) is 6.54 Å². The van der Waals surface area contributed by atoms with Gasteiger partial charge in [-0.15, -0.1) is 0 Å². The van der Waals surface area contributed by atoms with Crippen molar-refractivity contribution in [3.8, 4) is 0 Å². The average molecular weight is 244 g/mol. The van der Waals surface area contributed by atoms with Crippen LogP contribution in [0.3, 0.4) is 0 Å². The van der Waals surface area contributed by atoms with Gasteiger partial charge in [-0.3, -0.25) is 14.0 Å². The fraction of sp³-hybridized carbons (Fsp3) is 0.833. The fourth-order valence-corrected chi connectivity index (χ4v) is 2.05. The summed E-state index contributed by atoms with van der Waals surface area (Å²) in [5.41, 5.74) is 0. The summed E-state index contributed by atoms with van der Waals surface area (Å²) in [7, 11) is 0. The van der Waals surface area contributed by atoms with E-state index in [9.17, 15) is 14.0 Å². The van der Waals surface area contributed by atoms with E-state index in [2.05, 4.69) is 5.32 Å². The highest BCUT2D eigenvalue weighted by atomic mass is 19.1. The molecule has 1 N–H and O–H groups in total. The summed E-state index contributed by atoms with van der Waals surface area (Å²) in [5.74, 6) is 0.106. The highest BCUT2D eigenvalue weighted by Crippen LogP contribution is 2.15. The maximum atomic E-state index is 12.2. The second-order valence-electron chi connectivity index (χ2n) is 4.94. The average Bonchev–Trinajstić information content (AvgIpc) is 2.25. The van der Waals surface area contributed by atoms with Gasteiger partial charge in [0.25, 0.3) is 0 Å². The summed E-state index contributed by atoms with van der Waals surface area (Å²) in [6, 6.07) is -0.934. The third kappa shape index (κ3) is 3.41. The predicted molar refractivity (Wildman–Crippen MR) is 63.2 cm³/mol. The Kier molecular flexibility index (Phi) is 4.90. The molecule has 17 heavy (non-hydrogen) atoms. The van der Waals surface area contributed by atoms with Gasteiger partial charge in [0.1, 0.15) is 12.1 Å². The molecule has 1 saturated heterocycles. The molecule has 1 aliphatic heterocycles. The molecule has 4 nitrogen and oxygen atoms in total. The number of alkyl halides is 1. The normalized spacial score (nSPS) is 25.4. The molecule has 0 spiro atoms. The van der Waals surface area contributed by atoms with Crippen LogP contribution in [0.5, 0.6) is 0 Å². The quantitative estimate of drug-likeness (QED) is 0.787. The standard InChI is InChI=1S/C12H21FN2O2/c1-8(2)7-10-12(17)15(6-4-5-13)9(3)11(16)14-10/h8-10H,4-7H2,1-3H3,(H,14,16). The molecular formula is C12H21FN2O2. The van der Waals surface area contributed by atoms with Crippen LogP contribution in [0, 0.1) is 5.92 Å². The zero-order valence-corrected chi connectivity index (χ0v) is 10.7. The van der Waals surface area contributed by atoms with Crippen molar-refractivity contribution in [2.75, 3.05) is 13.2 Å². The lowest BCUT2D eigenvalue weighted by atomic mass is 9.99. The van der Waals surface area contributed by atoms with E-state index in [4.69, 9.17) is 0 Å².